The Kier molecular flexibility index (Phi) is 5.41. The Morgan fingerprint density at radius 3 is 2.59 bits per heavy atom. The fraction of sp³-hybridized carbons (Fsp3) is 0.208. The van der Waals surface area contributed by atoms with E-state index in [-0.39, 0.29) is 33.5 Å². The summed E-state index contributed by atoms with van der Waals surface area (Å²) < 4.78 is 16.3. The summed E-state index contributed by atoms with van der Waals surface area (Å²) in [6.07, 6.45) is 1.63. The number of aromatic nitrogens is 3. The molecular formula is C24H20FN5O2. The van der Waals surface area contributed by atoms with Crippen LogP contribution in [0.5, 0.6) is 0 Å². The Bertz CT molecular complexity index is 1540. The molecule has 0 saturated carbocycles. The van der Waals surface area contributed by atoms with E-state index in [0.717, 1.165) is 5.56 Å². The maximum Gasteiger partial charge on any atom is 0.278 e. The van der Waals surface area contributed by atoms with Crippen molar-refractivity contribution in [2.45, 2.75) is 27.3 Å². The Morgan fingerprint density at radius 2 is 1.94 bits per heavy atom. The predicted octanol–water partition coefficient (Wildman–Crippen LogP) is 3.37. The van der Waals surface area contributed by atoms with Gasteiger partial charge in [0.2, 0.25) is 0 Å². The number of amides is 1. The van der Waals surface area contributed by atoms with Crippen LogP contribution in [0.25, 0.3) is 16.7 Å². The van der Waals surface area contributed by atoms with Crippen LogP contribution in [0.2, 0.25) is 0 Å². The van der Waals surface area contributed by atoms with E-state index in [2.05, 4.69) is 11.1 Å². The van der Waals surface area contributed by atoms with Crippen molar-refractivity contribution in [3.05, 3.63) is 87.0 Å². The number of rotatable bonds is 3. The molecule has 4 rings (SSSR count). The molecule has 0 aliphatic rings. The summed E-state index contributed by atoms with van der Waals surface area (Å²) in [7, 11) is 0. The molecule has 0 saturated heterocycles. The number of nitriles is 1. The highest BCUT2D eigenvalue weighted by Crippen LogP contribution is 2.14. The minimum atomic E-state index is -0.618. The van der Waals surface area contributed by atoms with E-state index < -0.39 is 11.7 Å². The van der Waals surface area contributed by atoms with E-state index in [1.54, 1.807) is 16.8 Å². The van der Waals surface area contributed by atoms with Gasteiger partial charge >= 0.3 is 0 Å². The molecule has 0 fully saturated rings. The first-order valence-corrected chi connectivity index (χ1v) is 10.1. The van der Waals surface area contributed by atoms with Crippen molar-refractivity contribution in [2.75, 3.05) is 0 Å². The second kappa shape index (κ2) is 8.19. The van der Waals surface area contributed by atoms with Gasteiger partial charge in [0.05, 0.1) is 10.9 Å². The van der Waals surface area contributed by atoms with Crippen LogP contribution in [0.15, 0.2) is 58.4 Å². The molecule has 3 aromatic heterocycles. The van der Waals surface area contributed by atoms with Crippen LogP contribution >= 0.6 is 0 Å². The summed E-state index contributed by atoms with van der Waals surface area (Å²) in [5.74, 6) is -0.969. The molecule has 32 heavy (non-hydrogen) atoms. The second-order valence-electron chi connectivity index (χ2n) is 7.96. The van der Waals surface area contributed by atoms with E-state index in [4.69, 9.17) is 4.98 Å². The monoisotopic (exact) mass is 429 g/mol. The normalized spacial score (nSPS) is 11.9. The van der Waals surface area contributed by atoms with Crippen LogP contribution in [-0.2, 0) is 6.54 Å². The molecule has 0 unspecified atom stereocenters. The fourth-order valence-corrected chi connectivity index (χ4v) is 3.58. The zero-order chi connectivity index (χ0) is 23.0. The third kappa shape index (κ3) is 3.69. The minimum absolute atomic E-state index is 0.0834. The zero-order valence-electron chi connectivity index (χ0n) is 17.8. The van der Waals surface area contributed by atoms with Crippen LogP contribution in [0.3, 0.4) is 0 Å². The summed E-state index contributed by atoms with van der Waals surface area (Å²) in [6.45, 7) is 6.19. The molecule has 0 radical (unpaired) electrons. The number of pyridine rings is 2. The van der Waals surface area contributed by atoms with Gasteiger partial charge in [-0.2, -0.15) is 10.3 Å². The first-order valence-electron chi connectivity index (χ1n) is 10.1. The van der Waals surface area contributed by atoms with Gasteiger partial charge in [0.25, 0.3) is 11.5 Å². The van der Waals surface area contributed by atoms with Gasteiger partial charge in [-0.05, 0) is 54.8 Å². The molecule has 3 heterocycles. The van der Waals surface area contributed by atoms with Gasteiger partial charge in [0.15, 0.2) is 5.49 Å². The average Bonchev–Trinajstić information content (AvgIpc) is 2.76. The van der Waals surface area contributed by atoms with E-state index in [0.29, 0.717) is 17.8 Å². The topological polar surface area (TPSA) is 92.5 Å². The number of carbonyl (C=O) groups is 1. The lowest BCUT2D eigenvalue weighted by molar-refractivity contribution is 0.0997. The number of fused-ring (bicyclic) bond motifs is 2. The van der Waals surface area contributed by atoms with Crippen LogP contribution in [0.4, 0.5) is 4.39 Å². The largest absolute Gasteiger partial charge is 0.309 e. The molecule has 1 aromatic carbocycles. The van der Waals surface area contributed by atoms with E-state index in [1.807, 2.05) is 26.8 Å². The lowest BCUT2D eigenvalue weighted by atomic mass is 10.1. The van der Waals surface area contributed by atoms with Gasteiger partial charge < -0.3 is 4.57 Å². The van der Waals surface area contributed by atoms with E-state index in [1.165, 1.54) is 34.7 Å². The predicted molar refractivity (Wildman–Crippen MR) is 118 cm³/mol. The molecule has 4 aromatic rings. The molecule has 8 heteroatoms. The van der Waals surface area contributed by atoms with Crippen molar-refractivity contribution in [2.24, 2.45) is 10.9 Å². The minimum Gasteiger partial charge on any atom is -0.309 e. The highest BCUT2D eigenvalue weighted by Gasteiger charge is 2.17. The SMILES string of the molecule is Cc1cccn2c(=O)c3cc(C#N)c(=NC(=O)c4ccc(F)cc4)n(CC(C)C)c3nc12. The fourth-order valence-electron chi connectivity index (χ4n) is 3.58. The molecule has 0 bridgehead atoms. The molecular weight excluding hydrogens is 409 g/mol. The third-order valence-corrected chi connectivity index (χ3v) is 5.07. The number of hydrogen-bond donors (Lipinski definition) is 0. The van der Waals surface area contributed by atoms with Crippen molar-refractivity contribution < 1.29 is 9.18 Å². The van der Waals surface area contributed by atoms with Crippen molar-refractivity contribution in [1.82, 2.24) is 14.0 Å². The van der Waals surface area contributed by atoms with Gasteiger partial charge in [-0.25, -0.2) is 9.37 Å². The highest BCUT2D eigenvalue weighted by molar-refractivity contribution is 5.95. The van der Waals surface area contributed by atoms with Crippen LogP contribution < -0.4 is 11.0 Å². The van der Waals surface area contributed by atoms with Crippen molar-refractivity contribution in [3.63, 3.8) is 0 Å². The van der Waals surface area contributed by atoms with Gasteiger partial charge in [0, 0.05) is 18.3 Å². The molecule has 0 spiro atoms. The Morgan fingerprint density at radius 1 is 1.22 bits per heavy atom. The number of halogens is 1. The Balaban J connectivity index is 2.12. The number of benzene rings is 1. The third-order valence-electron chi connectivity index (χ3n) is 5.07. The van der Waals surface area contributed by atoms with Crippen LogP contribution in [0, 0.1) is 30.0 Å². The molecule has 7 nitrogen and oxygen atoms in total. The molecule has 0 N–H and O–H groups in total. The molecule has 0 aliphatic heterocycles. The number of carbonyl (C=O) groups excluding carboxylic acids is 1. The zero-order valence-corrected chi connectivity index (χ0v) is 17.8. The summed E-state index contributed by atoms with van der Waals surface area (Å²) in [6, 6.07) is 12.1. The molecule has 160 valence electrons. The van der Waals surface area contributed by atoms with Gasteiger partial charge in [-0.1, -0.05) is 19.9 Å². The smallest absolute Gasteiger partial charge is 0.278 e. The van der Waals surface area contributed by atoms with Gasteiger partial charge in [-0.3, -0.25) is 14.0 Å². The quantitative estimate of drug-likeness (QED) is 0.467. The number of hydrogen-bond acceptors (Lipinski definition) is 4. The second-order valence-corrected chi connectivity index (χ2v) is 7.96. The average molecular weight is 429 g/mol. The summed E-state index contributed by atoms with van der Waals surface area (Å²) in [5, 5.41) is 10.1. The van der Waals surface area contributed by atoms with Crippen molar-refractivity contribution in [3.8, 4) is 6.07 Å². The first-order chi connectivity index (χ1) is 15.3. The van der Waals surface area contributed by atoms with E-state index in [9.17, 15) is 19.2 Å². The summed E-state index contributed by atoms with van der Waals surface area (Å²) >= 11 is 0. The molecule has 0 aliphatic carbocycles. The summed E-state index contributed by atoms with van der Waals surface area (Å²) in [4.78, 5) is 34.9. The first kappa shape index (κ1) is 21.1. The Hall–Kier alpha value is -4.12. The standard InChI is InChI=1S/C24H20FN5O2/c1-14(2)13-30-21(28-23(31)16-6-8-18(25)9-7-16)17(12-26)11-19-22(30)27-20-15(3)5-4-10-29(20)24(19)32/h4-11,14H,13H2,1-3H3. The number of aryl methyl sites for hydroxylation is 1. The number of nitrogens with zero attached hydrogens (tertiary/aromatic N) is 5. The van der Waals surface area contributed by atoms with Crippen molar-refractivity contribution >= 4 is 22.6 Å². The van der Waals surface area contributed by atoms with Crippen molar-refractivity contribution in [1.29, 1.82) is 5.26 Å². The lowest BCUT2D eigenvalue weighted by Gasteiger charge is -2.15. The van der Waals surface area contributed by atoms with Gasteiger partial charge in [-0.15, -0.1) is 0 Å². The molecule has 0 atom stereocenters. The van der Waals surface area contributed by atoms with Crippen LogP contribution in [-0.4, -0.2) is 19.9 Å². The summed E-state index contributed by atoms with van der Waals surface area (Å²) in [5.41, 5.74) is 1.74. The highest BCUT2D eigenvalue weighted by atomic mass is 19.1. The van der Waals surface area contributed by atoms with E-state index >= 15 is 0 Å². The van der Waals surface area contributed by atoms with Crippen LogP contribution in [0.1, 0.15) is 35.3 Å². The molecule has 1 amide bonds. The maximum atomic E-state index is 13.2. The van der Waals surface area contributed by atoms with Gasteiger partial charge in [0.1, 0.15) is 23.2 Å². The lowest BCUT2D eigenvalue weighted by Crippen LogP contribution is -2.31. The maximum absolute atomic E-state index is 13.2. The Labute approximate surface area is 182 Å².